The highest BCUT2D eigenvalue weighted by atomic mass is 16.6. The lowest BCUT2D eigenvalue weighted by Gasteiger charge is -2.22. The molecule has 10 nitrogen and oxygen atoms in total. The van der Waals surface area contributed by atoms with Gasteiger partial charge in [-0.25, -0.2) is 19.2 Å². The summed E-state index contributed by atoms with van der Waals surface area (Å²) in [6, 6.07) is -1.95. The molecule has 0 aliphatic rings. The van der Waals surface area contributed by atoms with E-state index in [1.54, 1.807) is 53.7 Å². The van der Waals surface area contributed by atoms with Crippen molar-refractivity contribution < 1.29 is 38.1 Å². The molecule has 0 heterocycles. The fourth-order valence-corrected chi connectivity index (χ4v) is 2.08. The molecule has 0 fully saturated rings. The van der Waals surface area contributed by atoms with E-state index in [1.165, 1.54) is 14.2 Å². The first-order chi connectivity index (χ1) is 13.7. The molecule has 0 aromatic heterocycles. The summed E-state index contributed by atoms with van der Waals surface area (Å²) in [5.74, 6) is -1.30. The maximum absolute atomic E-state index is 11.9. The molecular formula is C20H34N2O8. The van der Waals surface area contributed by atoms with Crippen molar-refractivity contribution in [2.75, 3.05) is 14.2 Å². The van der Waals surface area contributed by atoms with E-state index in [-0.39, 0.29) is 12.8 Å². The first kappa shape index (κ1) is 27.2. The Labute approximate surface area is 177 Å². The number of nitrogens with one attached hydrogen (secondary N) is 2. The molecule has 0 rings (SSSR count). The van der Waals surface area contributed by atoms with Gasteiger partial charge in [0.05, 0.1) is 14.2 Å². The van der Waals surface area contributed by atoms with Crippen LogP contribution in [0.5, 0.6) is 0 Å². The Balaban J connectivity index is 4.95. The van der Waals surface area contributed by atoms with Gasteiger partial charge in [0.2, 0.25) is 0 Å². The van der Waals surface area contributed by atoms with Gasteiger partial charge < -0.3 is 29.6 Å². The van der Waals surface area contributed by atoms with E-state index in [0.29, 0.717) is 0 Å². The summed E-state index contributed by atoms with van der Waals surface area (Å²) >= 11 is 0. The molecule has 172 valence electrons. The van der Waals surface area contributed by atoms with E-state index in [9.17, 15) is 19.2 Å². The summed E-state index contributed by atoms with van der Waals surface area (Å²) in [5.41, 5.74) is -1.44. The monoisotopic (exact) mass is 430 g/mol. The molecule has 2 atom stereocenters. The molecule has 0 aromatic rings. The van der Waals surface area contributed by atoms with Gasteiger partial charge >= 0.3 is 24.1 Å². The molecule has 0 saturated heterocycles. The molecular weight excluding hydrogens is 396 g/mol. The summed E-state index contributed by atoms with van der Waals surface area (Å²) < 4.78 is 19.6. The normalized spacial score (nSPS) is 13.7. The Bertz CT molecular complexity index is 578. The lowest BCUT2D eigenvalue weighted by atomic mass is 10.1. The van der Waals surface area contributed by atoms with Crippen molar-refractivity contribution in [2.45, 2.75) is 77.7 Å². The summed E-state index contributed by atoms with van der Waals surface area (Å²) in [6.45, 7) is 10.2. The third kappa shape index (κ3) is 12.6. The Hall–Kier alpha value is -2.78. The largest absolute Gasteiger partial charge is 0.467 e. The van der Waals surface area contributed by atoms with Crippen LogP contribution in [0.1, 0.15) is 54.4 Å². The zero-order chi connectivity index (χ0) is 23.5. The summed E-state index contributed by atoms with van der Waals surface area (Å²) in [5, 5.41) is 4.87. The Kier molecular flexibility index (Phi) is 10.9. The Morgan fingerprint density at radius 2 is 1.00 bits per heavy atom. The van der Waals surface area contributed by atoms with Crippen molar-refractivity contribution in [1.29, 1.82) is 0 Å². The standard InChI is InChI=1S/C20H34N2O8/c1-19(2,3)29-17(25)21-13(15(23)27-7)11-9-10-12-14(16(24)28-8)22-18(26)30-20(4,5)6/h9-10,13-14H,11-12H2,1-8H3,(H,21,25)(H,22,26)/t13-,14-/m0/s1. The molecule has 0 saturated carbocycles. The average molecular weight is 430 g/mol. The third-order valence-corrected chi connectivity index (χ3v) is 3.26. The van der Waals surface area contributed by atoms with Crippen LogP contribution in [0.15, 0.2) is 12.2 Å². The van der Waals surface area contributed by atoms with Gasteiger partial charge in [-0.2, -0.15) is 0 Å². The van der Waals surface area contributed by atoms with Crippen molar-refractivity contribution >= 4 is 24.1 Å². The van der Waals surface area contributed by atoms with E-state index in [2.05, 4.69) is 20.1 Å². The molecule has 0 aliphatic heterocycles. The minimum atomic E-state index is -0.975. The molecule has 0 radical (unpaired) electrons. The van der Waals surface area contributed by atoms with Crippen LogP contribution in [0.25, 0.3) is 0 Å². The maximum atomic E-state index is 11.9. The molecule has 0 aliphatic carbocycles. The molecule has 0 spiro atoms. The van der Waals surface area contributed by atoms with Crippen molar-refractivity contribution in [3.63, 3.8) is 0 Å². The highest BCUT2D eigenvalue weighted by molar-refractivity contribution is 5.82. The van der Waals surface area contributed by atoms with E-state index < -0.39 is 47.4 Å². The van der Waals surface area contributed by atoms with E-state index in [4.69, 9.17) is 9.47 Å². The number of methoxy groups -OCH3 is 2. The second-order valence-corrected chi connectivity index (χ2v) is 8.39. The minimum Gasteiger partial charge on any atom is -0.467 e. The number of alkyl carbamates (subject to hydrolysis) is 2. The highest BCUT2D eigenvalue weighted by Crippen LogP contribution is 2.09. The van der Waals surface area contributed by atoms with Gasteiger partial charge in [-0.05, 0) is 54.4 Å². The lowest BCUT2D eigenvalue weighted by molar-refractivity contribution is -0.143. The first-order valence-corrected chi connectivity index (χ1v) is 9.48. The summed E-state index contributed by atoms with van der Waals surface area (Å²) in [4.78, 5) is 47.6. The van der Waals surface area contributed by atoms with Crippen LogP contribution in [0.3, 0.4) is 0 Å². The van der Waals surface area contributed by atoms with Crippen LogP contribution in [0.2, 0.25) is 0 Å². The smallest absolute Gasteiger partial charge is 0.408 e. The van der Waals surface area contributed by atoms with Crippen LogP contribution < -0.4 is 10.6 Å². The number of amides is 2. The van der Waals surface area contributed by atoms with Crippen molar-refractivity contribution in [1.82, 2.24) is 10.6 Å². The number of ether oxygens (including phenoxy) is 4. The van der Waals surface area contributed by atoms with E-state index in [1.807, 2.05) is 0 Å². The zero-order valence-corrected chi connectivity index (χ0v) is 19.0. The summed E-state index contributed by atoms with van der Waals surface area (Å²) in [7, 11) is 2.40. The molecule has 30 heavy (non-hydrogen) atoms. The second-order valence-electron chi connectivity index (χ2n) is 8.39. The number of esters is 2. The quantitative estimate of drug-likeness (QED) is 0.341. The van der Waals surface area contributed by atoms with E-state index >= 15 is 0 Å². The van der Waals surface area contributed by atoms with Crippen molar-refractivity contribution in [3.8, 4) is 0 Å². The van der Waals surface area contributed by atoms with Gasteiger partial charge in [-0.3, -0.25) is 0 Å². The number of hydrogen-bond acceptors (Lipinski definition) is 8. The van der Waals surface area contributed by atoms with Crippen molar-refractivity contribution in [3.05, 3.63) is 12.2 Å². The molecule has 0 bridgehead atoms. The third-order valence-electron chi connectivity index (χ3n) is 3.26. The SMILES string of the molecule is COC(=O)[C@H](CC=CC[C@H](NC(=O)OC(C)(C)C)C(=O)OC)NC(=O)OC(C)(C)C. The molecule has 2 N–H and O–H groups in total. The molecule has 10 heteroatoms. The average Bonchev–Trinajstić information content (AvgIpc) is 2.58. The van der Waals surface area contributed by atoms with Gasteiger partial charge in [-0.15, -0.1) is 0 Å². The van der Waals surface area contributed by atoms with Crippen LogP contribution in [-0.2, 0) is 28.5 Å². The van der Waals surface area contributed by atoms with Gasteiger partial charge in [0.25, 0.3) is 0 Å². The lowest BCUT2D eigenvalue weighted by Crippen LogP contribution is -2.44. The Morgan fingerprint density at radius 1 is 0.700 bits per heavy atom. The fraction of sp³-hybridized carbons (Fsp3) is 0.700. The molecule has 2 amide bonds. The topological polar surface area (TPSA) is 129 Å². The predicted octanol–water partition coefficient (Wildman–Crippen LogP) is 2.46. The van der Waals surface area contributed by atoms with Gasteiger partial charge in [0.15, 0.2) is 0 Å². The zero-order valence-electron chi connectivity index (χ0n) is 19.0. The number of rotatable bonds is 8. The second kappa shape index (κ2) is 12.0. The molecule has 0 unspecified atom stereocenters. The van der Waals surface area contributed by atoms with Crippen molar-refractivity contribution in [2.24, 2.45) is 0 Å². The van der Waals surface area contributed by atoms with Crippen LogP contribution in [0, 0.1) is 0 Å². The fourth-order valence-electron chi connectivity index (χ4n) is 2.08. The van der Waals surface area contributed by atoms with Crippen LogP contribution in [0.4, 0.5) is 9.59 Å². The van der Waals surface area contributed by atoms with Gasteiger partial charge in [0.1, 0.15) is 23.3 Å². The highest BCUT2D eigenvalue weighted by Gasteiger charge is 2.25. The number of hydrogen-bond donors (Lipinski definition) is 2. The van der Waals surface area contributed by atoms with Crippen LogP contribution in [-0.4, -0.2) is 61.6 Å². The maximum Gasteiger partial charge on any atom is 0.408 e. The van der Waals surface area contributed by atoms with Gasteiger partial charge in [-0.1, -0.05) is 12.2 Å². The summed E-state index contributed by atoms with van der Waals surface area (Å²) in [6.07, 6.45) is 1.81. The number of carbonyl (C=O) groups is 4. The Morgan fingerprint density at radius 3 is 1.23 bits per heavy atom. The van der Waals surface area contributed by atoms with Gasteiger partial charge in [0, 0.05) is 0 Å². The van der Waals surface area contributed by atoms with Crippen LogP contribution >= 0.6 is 0 Å². The molecule has 0 aromatic carbocycles. The predicted molar refractivity (Wildman–Crippen MR) is 109 cm³/mol. The minimum absolute atomic E-state index is 0.0895. The first-order valence-electron chi connectivity index (χ1n) is 9.48. The van der Waals surface area contributed by atoms with E-state index in [0.717, 1.165) is 0 Å². The number of carbonyl (C=O) groups excluding carboxylic acids is 4.